The Balaban J connectivity index is 0.00000112. The van der Waals surface area contributed by atoms with Crippen molar-refractivity contribution in [1.82, 2.24) is 14.5 Å². The average Bonchev–Trinajstić information content (AvgIpc) is 2.48. The van der Waals surface area contributed by atoms with Gasteiger partial charge in [-0.2, -0.15) is 0 Å². The first-order chi connectivity index (χ1) is 6.68. The predicted octanol–water partition coefficient (Wildman–Crippen LogP) is 2.19. The SMILES string of the molecule is Cc1ccnc(-n2cnc(C)c2C)c1.[Y]. The average molecular weight is 276 g/mol. The van der Waals surface area contributed by atoms with Crippen molar-refractivity contribution >= 4 is 0 Å². The Labute approximate surface area is 115 Å². The Morgan fingerprint density at radius 3 is 2.40 bits per heavy atom. The first-order valence-electron chi connectivity index (χ1n) is 4.62. The summed E-state index contributed by atoms with van der Waals surface area (Å²) in [5, 5.41) is 0. The summed E-state index contributed by atoms with van der Waals surface area (Å²) in [6.45, 7) is 6.11. The van der Waals surface area contributed by atoms with E-state index in [1.807, 2.05) is 43.1 Å². The molecule has 4 heteroatoms. The molecule has 3 nitrogen and oxygen atoms in total. The van der Waals surface area contributed by atoms with E-state index in [4.69, 9.17) is 0 Å². The van der Waals surface area contributed by atoms with Gasteiger partial charge in [0.05, 0.1) is 5.69 Å². The van der Waals surface area contributed by atoms with Crippen molar-refractivity contribution in [1.29, 1.82) is 0 Å². The number of aromatic nitrogens is 3. The van der Waals surface area contributed by atoms with E-state index in [2.05, 4.69) is 16.9 Å². The van der Waals surface area contributed by atoms with Crippen molar-refractivity contribution in [2.45, 2.75) is 20.8 Å². The van der Waals surface area contributed by atoms with Crippen molar-refractivity contribution in [2.75, 3.05) is 0 Å². The number of hydrogen-bond donors (Lipinski definition) is 0. The fourth-order valence-electron chi connectivity index (χ4n) is 1.38. The van der Waals surface area contributed by atoms with Crippen LogP contribution in [0.4, 0.5) is 0 Å². The monoisotopic (exact) mass is 276 g/mol. The Morgan fingerprint density at radius 1 is 1.13 bits per heavy atom. The molecule has 0 bridgehead atoms. The largest absolute Gasteiger partial charge is 0.287 e. The fourth-order valence-corrected chi connectivity index (χ4v) is 1.38. The molecule has 0 atom stereocenters. The standard InChI is InChI=1S/C11H13N3.Y/c1-8-4-5-12-11(6-8)14-7-13-9(2)10(14)3;/h4-7H,1-3H3;. The third-order valence-electron chi connectivity index (χ3n) is 2.40. The van der Waals surface area contributed by atoms with E-state index in [-0.39, 0.29) is 32.7 Å². The molecule has 0 aromatic carbocycles. The minimum atomic E-state index is 0. The number of imidazole rings is 1. The second-order valence-corrected chi connectivity index (χ2v) is 3.48. The van der Waals surface area contributed by atoms with Gasteiger partial charge in [-0.3, -0.25) is 4.57 Å². The van der Waals surface area contributed by atoms with Crippen LogP contribution in [-0.2, 0) is 32.7 Å². The zero-order valence-electron chi connectivity index (χ0n) is 9.23. The van der Waals surface area contributed by atoms with E-state index in [9.17, 15) is 0 Å². The molecule has 0 aliphatic rings. The van der Waals surface area contributed by atoms with Crippen LogP contribution in [-0.4, -0.2) is 14.5 Å². The molecule has 2 aromatic heterocycles. The Hall–Kier alpha value is -0.536. The van der Waals surface area contributed by atoms with E-state index >= 15 is 0 Å². The molecule has 0 N–H and O–H groups in total. The van der Waals surface area contributed by atoms with Crippen molar-refractivity contribution in [2.24, 2.45) is 0 Å². The number of pyridine rings is 1. The third-order valence-corrected chi connectivity index (χ3v) is 2.40. The quantitative estimate of drug-likeness (QED) is 0.799. The van der Waals surface area contributed by atoms with Gasteiger partial charge in [0.2, 0.25) is 0 Å². The van der Waals surface area contributed by atoms with Gasteiger partial charge in [-0.05, 0) is 38.5 Å². The Kier molecular flexibility index (Phi) is 4.17. The maximum atomic E-state index is 4.31. The number of nitrogens with zero attached hydrogens (tertiary/aromatic N) is 3. The van der Waals surface area contributed by atoms with E-state index < -0.39 is 0 Å². The zero-order chi connectivity index (χ0) is 10.1. The summed E-state index contributed by atoms with van der Waals surface area (Å²) in [6, 6.07) is 4.04. The van der Waals surface area contributed by atoms with Gasteiger partial charge < -0.3 is 0 Å². The molecule has 0 spiro atoms. The molecule has 0 aliphatic carbocycles. The summed E-state index contributed by atoms with van der Waals surface area (Å²) in [6.07, 6.45) is 3.63. The summed E-state index contributed by atoms with van der Waals surface area (Å²) in [7, 11) is 0. The summed E-state index contributed by atoms with van der Waals surface area (Å²) in [4.78, 5) is 8.55. The fraction of sp³-hybridized carbons (Fsp3) is 0.273. The third kappa shape index (κ3) is 2.53. The number of hydrogen-bond acceptors (Lipinski definition) is 2. The molecule has 75 valence electrons. The summed E-state index contributed by atoms with van der Waals surface area (Å²) >= 11 is 0. The maximum absolute atomic E-state index is 4.31. The Bertz CT molecular complexity index is 463. The zero-order valence-corrected chi connectivity index (χ0v) is 12.1. The number of aryl methyl sites for hydroxylation is 2. The molecular weight excluding hydrogens is 263 g/mol. The molecule has 0 fully saturated rings. The van der Waals surface area contributed by atoms with Crippen molar-refractivity contribution in [3.8, 4) is 5.82 Å². The smallest absolute Gasteiger partial charge is 0.138 e. The van der Waals surface area contributed by atoms with Crippen molar-refractivity contribution < 1.29 is 32.7 Å². The molecule has 15 heavy (non-hydrogen) atoms. The molecule has 0 unspecified atom stereocenters. The van der Waals surface area contributed by atoms with Crippen LogP contribution >= 0.6 is 0 Å². The molecular formula is C11H13N3Y. The molecule has 2 heterocycles. The van der Waals surface area contributed by atoms with Gasteiger partial charge in [0.1, 0.15) is 12.1 Å². The second kappa shape index (κ2) is 4.99. The van der Waals surface area contributed by atoms with E-state index in [0.29, 0.717) is 0 Å². The molecule has 1 radical (unpaired) electrons. The van der Waals surface area contributed by atoms with Gasteiger partial charge in [0.25, 0.3) is 0 Å². The van der Waals surface area contributed by atoms with Gasteiger partial charge in [-0.25, -0.2) is 9.97 Å². The van der Waals surface area contributed by atoms with Crippen LogP contribution in [0.25, 0.3) is 5.82 Å². The van der Waals surface area contributed by atoms with Crippen LogP contribution in [0.5, 0.6) is 0 Å². The van der Waals surface area contributed by atoms with E-state index in [0.717, 1.165) is 17.2 Å². The summed E-state index contributed by atoms with van der Waals surface area (Å²) < 4.78 is 2.00. The van der Waals surface area contributed by atoms with Crippen molar-refractivity contribution in [3.05, 3.63) is 41.6 Å². The summed E-state index contributed by atoms with van der Waals surface area (Å²) in [5.74, 6) is 0.933. The van der Waals surface area contributed by atoms with Gasteiger partial charge in [0, 0.05) is 44.6 Å². The topological polar surface area (TPSA) is 30.7 Å². The predicted molar refractivity (Wildman–Crippen MR) is 55.6 cm³/mol. The molecule has 0 saturated heterocycles. The van der Waals surface area contributed by atoms with Crippen LogP contribution in [0.3, 0.4) is 0 Å². The van der Waals surface area contributed by atoms with Gasteiger partial charge >= 0.3 is 0 Å². The first-order valence-corrected chi connectivity index (χ1v) is 4.62. The molecule has 0 aliphatic heterocycles. The van der Waals surface area contributed by atoms with Crippen molar-refractivity contribution in [3.63, 3.8) is 0 Å². The number of rotatable bonds is 1. The normalized spacial score (nSPS) is 9.80. The van der Waals surface area contributed by atoms with Gasteiger partial charge in [-0.1, -0.05) is 0 Å². The molecule has 2 rings (SSSR count). The summed E-state index contributed by atoms with van der Waals surface area (Å²) in [5.41, 5.74) is 3.40. The second-order valence-electron chi connectivity index (χ2n) is 3.48. The van der Waals surface area contributed by atoms with E-state index in [1.54, 1.807) is 0 Å². The van der Waals surface area contributed by atoms with E-state index in [1.165, 1.54) is 5.56 Å². The van der Waals surface area contributed by atoms with Gasteiger partial charge in [-0.15, -0.1) is 0 Å². The Morgan fingerprint density at radius 2 is 1.87 bits per heavy atom. The van der Waals surface area contributed by atoms with Crippen LogP contribution in [0.1, 0.15) is 17.0 Å². The molecule has 2 aromatic rings. The molecule has 0 amide bonds. The first kappa shape index (κ1) is 12.5. The van der Waals surface area contributed by atoms with Crippen LogP contribution in [0.2, 0.25) is 0 Å². The minimum absolute atomic E-state index is 0. The van der Waals surface area contributed by atoms with Crippen LogP contribution < -0.4 is 0 Å². The molecule has 0 saturated carbocycles. The van der Waals surface area contributed by atoms with Gasteiger partial charge in [0.15, 0.2) is 0 Å². The maximum Gasteiger partial charge on any atom is 0.138 e. The van der Waals surface area contributed by atoms with Crippen LogP contribution in [0, 0.1) is 20.8 Å². The minimum Gasteiger partial charge on any atom is -0.287 e. The van der Waals surface area contributed by atoms with Crippen LogP contribution in [0.15, 0.2) is 24.7 Å².